The summed E-state index contributed by atoms with van der Waals surface area (Å²) in [6.45, 7) is 4.22. The molecular weight excluding hydrogens is 226 g/mol. The van der Waals surface area contributed by atoms with Crippen LogP contribution in [0.25, 0.3) is 11.4 Å². The molecule has 2 aromatic rings. The lowest BCUT2D eigenvalue weighted by Gasteiger charge is -2.18. The Morgan fingerprint density at radius 3 is 2.72 bits per heavy atom. The summed E-state index contributed by atoms with van der Waals surface area (Å²) in [5.41, 5.74) is 9.97. The number of nitrogens with one attached hydrogen (secondary N) is 1. The summed E-state index contributed by atoms with van der Waals surface area (Å²) in [5.74, 6) is 0.559. The highest BCUT2D eigenvalue weighted by Gasteiger charge is 2.15. The lowest BCUT2D eigenvalue weighted by molar-refractivity contribution is 0.949. The number of aromatic amines is 1. The number of hydrogen-bond acceptors (Lipinski definition) is 4. The van der Waals surface area contributed by atoms with Gasteiger partial charge in [-0.25, -0.2) is 4.98 Å². The summed E-state index contributed by atoms with van der Waals surface area (Å²) in [4.78, 5) is 6.74. The van der Waals surface area contributed by atoms with Crippen LogP contribution in [0.4, 0.5) is 11.5 Å². The van der Waals surface area contributed by atoms with Gasteiger partial charge in [0.2, 0.25) is 0 Å². The molecule has 0 unspecified atom stereocenters. The Morgan fingerprint density at radius 1 is 1.28 bits per heavy atom. The average Bonchev–Trinajstić information content (AvgIpc) is 2.98. The van der Waals surface area contributed by atoms with Crippen molar-refractivity contribution in [1.82, 2.24) is 15.2 Å². The number of aromatic nitrogens is 3. The van der Waals surface area contributed by atoms with Crippen LogP contribution in [0.5, 0.6) is 0 Å². The molecule has 3 rings (SSSR count). The SMILES string of the molecule is Cc1cn[nH]c1-c1cc(N2CCCC2)cc(N)n1. The minimum absolute atomic E-state index is 0.559. The van der Waals surface area contributed by atoms with E-state index in [0.717, 1.165) is 35.7 Å². The molecule has 0 aliphatic carbocycles. The summed E-state index contributed by atoms with van der Waals surface area (Å²) >= 11 is 0. The Bertz CT molecular complexity index is 554. The van der Waals surface area contributed by atoms with Crippen molar-refractivity contribution >= 4 is 11.5 Å². The second-order valence-corrected chi connectivity index (χ2v) is 4.76. The first-order chi connectivity index (χ1) is 8.74. The predicted molar refractivity (Wildman–Crippen MR) is 72.4 cm³/mol. The fourth-order valence-electron chi connectivity index (χ4n) is 2.43. The van der Waals surface area contributed by atoms with E-state index in [1.165, 1.54) is 12.8 Å². The van der Waals surface area contributed by atoms with E-state index in [0.29, 0.717) is 5.82 Å². The highest BCUT2D eigenvalue weighted by molar-refractivity contribution is 5.67. The van der Waals surface area contributed by atoms with E-state index in [2.05, 4.69) is 26.1 Å². The first kappa shape index (κ1) is 11.1. The van der Waals surface area contributed by atoms with Crippen molar-refractivity contribution < 1.29 is 0 Å². The van der Waals surface area contributed by atoms with Gasteiger partial charge in [-0.05, 0) is 31.4 Å². The normalized spacial score (nSPS) is 15.3. The number of rotatable bonds is 2. The second kappa shape index (κ2) is 4.33. The summed E-state index contributed by atoms with van der Waals surface area (Å²) in [7, 11) is 0. The molecular formula is C13H17N5. The summed E-state index contributed by atoms with van der Waals surface area (Å²) < 4.78 is 0. The predicted octanol–water partition coefficient (Wildman–Crippen LogP) is 1.96. The molecule has 1 aliphatic rings. The van der Waals surface area contributed by atoms with Crippen LogP contribution >= 0.6 is 0 Å². The third-order valence-corrected chi connectivity index (χ3v) is 3.39. The van der Waals surface area contributed by atoms with Gasteiger partial charge in [-0.1, -0.05) is 0 Å². The topological polar surface area (TPSA) is 70.8 Å². The van der Waals surface area contributed by atoms with Gasteiger partial charge >= 0.3 is 0 Å². The quantitative estimate of drug-likeness (QED) is 0.846. The summed E-state index contributed by atoms with van der Waals surface area (Å²) in [6, 6.07) is 4.03. The monoisotopic (exact) mass is 243 g/mol. The Balaban J connectivity index is 2.03. The largest absolute Gasteiger partial charge is 0.384 e. The van der Waals surface area contributed by atoms with E-state index in [1.807, 2.05) is 13.0 Å². The van der Waals surface area contributed by atoms with Crippen molar-refractivity contribution in [3.05, 3.63) is 23.9 Å². The molecule has 1 fully saturated rings. The number of pyridine rings is 1. The highest BCUT2D eigenvalue weighted by atomic mass is 15.2. The molecule has 1 saturated heterocycles. The summed E-state index contributed by atoms with van der Waals surface area (Å²) in [6.07, 6.45) is 4.30. The Morgan fingerprint density at radius 2 is 2.06 bits per heavy atom. The molecule has 0 amide bonds. The molecule has 94 valence electrons. The number of anilines is 2. The van der Waals surface area contributed by atoms with Crippen LogP contribution in [0.3, 0.4) is 0 Å². The van der Waals surface area contributed by atoms with E-state index in [9.17, 15) is 0 Å². The van der Waals surface area contributed by atoms with Crippen LogP contribution in [0.2, 0.25) is 0 Å². The Kier molecular flexibility index (Phi) is 2.66. The Hall–Kier alpha value is -2.04. The third-order valence-electron chi connectivity index (χ3n) is 3.39. The standard InChI is InChI=1S/C13H17N5/c1-9-8-15-17-13(9)11-6-10(7-12(14)16-11)18-4-2-3-5-18/h6-8H,2-5H2,1H3,(H2,14,16)(H,15,17). The molecule has 2 aromatic heterocycles. The summed E-state index contributed by atoms with van der Waals surface area (Å²) in [5, 5.41) is 7.02. The van der Waals surface area contributed by atoms with Gasteiger partial charge in [0.15, 0.2) is 0 Å². The molecule has 0 radical (unpaired) electrons. The smallest absolute Gasteiger partial charge is 0.126 e. The first-order valence-electron chi connectivity index (χ1n) is 6.27. The van der Waals surface area contributed by atoms with Crippen LogP contribution in [0.15, 0.2) is 18.3 Å². The maximum Gasteiger partial charge on any atom is 0.126 e. The number of H-pyrrole nitrogens is 1. The van der Waals surface area contributed by atoms with Crippen LogP contribution in [-0.4, -0.2) is 28.3 Å². The molecule has 1 aliphatic heterocycles. The minimum atomic E-state index is 0.559. The van der Waals surface area contributed by atoms with Gasteiger partial charge in [0, 0.05) is 24.8 Å². The van der Waals surface area contributed by atoms with Gasteiger partial charge in [0.1, 0.15) is 5.82 Å². The number of nitrogens with two attached hydrogens (primary N) is 1. The first-order valence-corrected chi connectivity index (χ1v) is 6.27. The van der Waals surface area contributed by atoms with Crippen molar-refractivity contribution in [3.63, 3.8) is 0 Å². The number of nitrogens with zero attached hydrogens (tertiary/aromatic N) is 3. The maximum atomic E-state index is 5.91. The van der Waals surface area contributed by atoms with Crippen molar-refractivity contribution in [3.8, 4) is 11.4 Å². The number of aryl methyl sites for hydroxylation is 1. The fraction of sp³-hybridized carbons (Fsp3) is 0.385. The molecule has 3 N–H and O–H groups in total. The molecule has 0 bridgehead atoms. The lowest BCUT2D eigenvalue weighted by Crippen LogP contribution is -2.18. The molecule has 0 saturated carbocycles. The molecule has 18 heavy (non-hydrogen) atoms. The molecule has 0 atom stereocenters. The van der Waals surface area contributed by atoms with Gasteiger partial charge < -0.3 is 10.6 Å². The average molecular weight is 243 g/mol. The zero-order valence-electron chi connectivity index (χ0n) is 10.5. The van der Waals surface area contributed by atoms with Gasteiger partial charge in [-0.2, -0.15) is 5.10 Å². The fourth-order valence-corrected chi connectivity index (χ4v) is 2.43. The molecule has 5 nitrogen and oxygen atoms in total. The van der Waals surface area contributed by atoms with Gasteiger partial charge in [-0.15, -0.1) is 0 Å². The van der Waals surface area contributed by atoms with E-state index in [1.54, 1.807) is 6.20 Å². The molecule has 3 heterocycles. The van der Waals surface area contributed by atoms with Gasteiger partial charge in [-0.3, -0.25) is 5.10 Å². The molecule has 5 heteroatoms. The number of nitrogen functional groups attached to an aromatic ring is 1. The molecule has 0 spiro atoms. The maximum absolute atomic E-state index is 5.91. The zero-order chi connectivity index (χ0) is 12.5. The highest BCUT2D eigenvalue weighted by Crippen LogP contribution is 2.27. The van der Waals surface area contributed by atoms with Gasteiger partial charge in [0.05, 0.1) is 17.6 Å². The van der Waals surface area contributed by atoms with E-state index in [4.69, 9.17) is 5.73 Å². The van der Waals surface area contributed by atoms with E-state index < -0.39 is 0 Å². The van der Waals surface area contributed by atoms with Crippen molar-refractivity contribution in [2.45, 2.75) is 19.8 Å². The van der Waals surface area contributed by atoms with Crippen LogP contribution in [0, 0.1) is 6.92 Å². The van der Waals surface area contributed by atoms with Crippen LogP contribution in [0.1, 0.15) is 18.4 Å². The third kappa shape index (κ3) is 1.92. The van der Waals surface area contributed by atoms with E-state index >= 15 is 0 Å². The van der Waals surface area contributed by atoms with Crippen molar-refractivity contribution in [1.29, 1.82) is 0 Å². The van der Waals surface area contributed by atoms with Crippen LogP contribution in [-0.2, 0) is 0 Å². The zero-order valence-corrected chi connectivity index (χ0v) is 10.5. The van der Waals surface area contributed by atoms with Crippen molar-refractivity contribution in [2.75, 3.05) is 23.7 Å². The Labute approximate surface area is 106 Å². The second-order valence-electron chi connectivity index (χ2n) is 4.76. The van der Waals surface area contributed by atoms with Crippen LogP contribution < -0.4 is 10.6 Å². The minimum Gasteiger partial charge on any atom is -0.384 e. The lowest BCUT2D eigenvalue weighted by atomic mass is 10.2. The van der Waals surface area contributed by atoms with Crippen molar-refractivity contribution in [2.24, 2.45) is 0 Å². The molecule has 0 aromatic carbocycles. The van der Waals surface area contributed by atoms with E-state index in [-0.39, 0.29) is 0 Å². The van der Waals surface area contributed by atoms with Gasteiger partial charge in [0.25, 0.3) is 0 Å². The number of hydrogen-bond donors (Lipinski definition) is 2.